The number of para-hydroxylation sites is 5. The van der Waals surface area contributed by atoms with Crippen LogP contribution in [0.5, 0.6) is 0 Å². The molecule has 0 saturated carbocycles. The van der Waals surface area contributed by atoms with Gasteiger partial charge in [-0.25, -0.2) is 0 Å². The monoisotopic (exact) mass is 592 g/mol. The average Bonchev–Trinajstić information content (AvgIpc) is 3.68. The quantitative estimate of drug-likeness (QED) is 0.192. The highest BCUT2D eigenvalue weighted by molar-refractivity contribution is 6.28. The number of rotatable bonds is 6. The zero-order valence-electron chi connectivity index (χ0n) is 24.9. The van der Waals surface area contributed by atoms with Gasteiger partial charge < -0.3 is 18.6 Å². The van der Waals surface area contributed by atoms with Gasteiger partial charge >= 0.3 is 0 Å². The molecule has 0 saturated heterocycles. The number of nitrogens with zero attached hydrogens (tertiary/aromatic N) is 2. The average molecular weight is 593 g/mol. The third kappa shape index (κ3) is 4.23. The van der Waals surface area contributed by atoms with Gasteiger partial charge in [0, 0.05) is 62.1 Å². The number of furan rings is 2. The lowest BCUT2D eigenvalue weighted by molar-refractivity contribution is 0.663. The molecule has 4 nitrogen and oxygen atoms in total. The van der Waals surface area contributed by atoms with Gasteiger partial charge in [-0.15, -0.1) is 0 Å². The van der Waals surface area contributed by atoms with E-state index in [-0.39, 0.29) is 0 Å². The highest BCUT2D eigenvalue weighted by atomic mass is 16.3. The van der Waals surface area contributed by atoms with Gasteiger partial charge in [-0.2, -0.15) is 0 Å². The maximum Gasteiger partial charge on any atom is 0.160 e. The molecule has 0 fully saturated rings. The third-order valence-electron chi connectivity index (χ3n) is 8.60. The molecule has 0 radical (unpaired) electrons. The molecule has 2 aromatic heterocycles. The Balaban J connectivity index is 1.33. The summed E-state index contributed by atoms with van der Waals surface area (Å²) in [5.41, 5.74) is 9.47. The fourth-order valence-electron chi connectivity index (χ4n) is 6.62. The van der Waals surface area contributed by atoms with E-state index in [1.165, 1.54) is 0 Å². The van der Waals surface area contributed by atoms with Crippen molar-refractivity contribution in [1.29, 1.82) is 0 Å². The lowest BCUT2D eigenvalue weighted by Gasteiger charge is -2.25. The van der Waals surface area contributed by atoms with Crippen molar-refractivity contribution < 1.29 is 8.83 Å². The Labute approximate surface area is 265 Å². The minimum absolute atomic E-state index is 0.809. The molecule has 0 unspecified atom stereocenters. The van der Waals surface area contributed by atoms with Crippen LogP contribution in [0.2, 0.25) is 0 Å². The van der Waals surface area contributed by atoms with Gasteiger partial charge in [-0.3, -0.25) is 0 Å². The third-order valence-corrected chi connectivity index (χ3v) is 8.60. The Kier molecular flexibility index (Phi) is 6.10. The Morgan fingerprint density at radius 1 is 0.326 bits per heavy atom. The highest BCUT2D eigenvalue weighted by Gasteiger charge is 2.25. The number of anilines is 6. The summed E-state index contributed by atoms with van der Waals surface area (Å²) in [7, 11) is 0. The van der Waals surface area contributed by atoms with Crippen LogP contribution in [0, 0.1) is 0 Å². The van der Waals surface area contributed by atoms with E-state index < -0.39 is 0 Å². The van der Waals surface area contributed by atoms with Crippen molar-refractivity contribution in [3.8, 4) is 0 Å². The first-order valence-corrected chi connectivity index (χ1v) is 15.4. The van der Waals surface area contributed by atoms with Crippen molar-refractivity contribution in [2.24, 2.45) is 0 Å². The van der Waals surface area contributed by atoms with Gasteiger partial charge in [0.1, 0.15) is 16.7 Å². The summed E-state index contributed by atoms with van der Waals surface area (Å²) < 4.78 is 13.5. The summed E-state index contributed by atoms with van der Waals surface area (Å²) in [6.07, 6.45) is 0. The first-order valence-electron chi connectivity index (χ1n) is 15.4. The Morgan fingerprint density at radius 2 is 0.826 bits per heavy atom. The molecule has 0 aliphatic heterocycles. The molecule has 0 N–H and O–H groups in total. The van der Waals surface area contributed by atoms with Crippen molar-refractivity contribution in [3.63, 3.8) is 0 Å². The SMILES string of the molecule is c1ccc(N(c2ccccc2)c2ccc3c(c2)oc2cc(N(c4ccccc4)c4ccccc4)c4oc5ccccc5c4c23)cc1. The maximum atomic E-state index is 6.81. The molecule has 0 amide bonds. The first-order chi connectivity index (χ1) is 22.8. The molecule has 7 aromatic carbocycles. The summed E-state index contributed by atoms with van der Waals surface area (Å²) in [4.78, 5) is 4.50. The van der Waals surface area contributed by atoms with Crippen molar-refractivity contribution in [2.75, 3.05) is 9.80 Å². The minimum atomic E-state index is 0.809. The van der Waals surface area contributed by atoms with E-state index in [1.807, 2.05) is 36.4 Å². The van der Waals surface area contributed by atoms with Crippen LogP contribution in [0.1, 0.15) is 0 Å². The second-order valence-corrected chi connectivity index (χ2v) is 11.4. The van der Waals surface area contributed by atoms with Crippen LogP contribution in [0.15, 0.2) is 179 Å². The van der Waals surface area contributed by atoms with E-state index >= 15 is 0 Å². The fraction of sp³-hybridized carbons (Fsp3) is 0. The van der Waals surface area contributed by atoms with Crippen LogP contribution in [0.25, 0.3) is 43.9 Å². The van der Waals surface area contributed by atoms with Gasteiger partial charge in [0.2, 0.25) is 0 Å². The zero-order chi connectivity index (χ0) is 30.5. The molecular formula is C42H28N2O2. The van der Waals surface area contributed by atoms with Crippen molar-refractivity contribution in [1.82, 2.24) is 0 Å². The van der Waals surface area contributed by atoms with Crippen molar-refractivity contribution in [3.05, 3.63) is 170 Å². The van der Waals surface area contributed by atoms with Crippen LogP contribution in [-0.2, 0) is 0 Å². The maximum absolute atomic E-state index is 6.81. The largest absolute Gasteiger partial charge is 0.456 e. The van der Waals surface area contributed by atoms with Crippen LogP contribution in [0.3, 0.4) is 0 Å². The summed E-state index contributed by atoms with van der Waals surface area (Å²) in [6, 6.07) is 58.6. The van der Waals surface area contributed by atoms with Crippen LogP contribution < -0.4 is 9.80 Å². The lowest BCUT2D eigenvalue weighted by atomic mass is 10.0. The second kappa shape index (κ2) is 10.7. The highest BCUT2D eigenvalue weighted by Crippen LogP contribution is 2.48. The number of fused-ring (bicyclic) bond motifs is 7. The topological polar surface area (TPSA) is 32.8 Å². The number of hydrogen-bond acceptors (Lipinski definition) is 4. The molecule has 0 bridgehead atoms. The van der Waals surface area contributed by atoms with Crippen LogP contribution >= 0.6 is 0 Å². The van der Waals surface area contributed by atoms with Gasteiger partial charge in [-0.05, 0) is 66.7 Å². The van der Waals surface area contributed by atoms with Gasteiger partial charge in [0.05, 0.1) is 5.69 Å². The molecule has 0 aliphatic carbocycles. The smallest absolute Gasteiger partial charge is 0.160 e. The molecule has 218 valence electrons. The summed E-state index contributed by atoms with van der Waals surface area (Å²) in [6.45, 7) is 0. The normalized spacial score (nSPS) is 11.5. The summed E-state index contributed by atoms with van der Waals surface area (Å²) in [5.74, 6) is 0. The fourth-order valence-corrected chi connectivity index (χ4v) is 6.62. The molecule has 4 heteroatoms. The summed E-state index contributed by atoms with van der Waals surface area (Å²) >= 11 is 0. The van der Waals surface area contributed by atoms with E-state index in [0.29, 0.717) is 0 Å². The zero-order valence-corrected chi connectivity index (χ0v) is 24.9. The van der Waals surface area contributed by atoms with E-state index in [9.17, 15) is 0 Å². The van der Waals surface area contributed by atoms with Gasteiger partial charge in [-0.1, -0.05) is 91.0 Å². The van der Waals surface area contributed by atoms with Gasteiger partial charge in [0.15, 0.2) is 5.58 Å². The molecule has 46 heavy (non-hydrogen) atoms. The summed E-state index contributed by atoms with van der Waals surface area (Å²) in [5, 5.41) is 4.22. The molecule has 0 spiro atoms. The predicted octanol–water partition coefficient (Wildman–Crippen LogP) is 12.4. The van der Waals surface area contributed by atoms with E-state index in [4.69, 9.17) is 8.83 Å². The van der Waals surface area contributed by atoms with E-state index in [1.54, 1.807) is 0 Å². The second-order valence-electron chi connectivity index (χ2n) is 11.4. The van der Waals surface area contributed by atoms with Crippen LogP contribution in [0.4, 0.5) is 34.1 Å². The Morgan fingerprint density at radius 3 is 1.41 bits per heavy atom. The number of hydrogen-bond donors (Lipinski definition) is 0. The lowest BCUT2D eigenvalue weighted by Crippen LogP contribution is -2.10. The van der Waals surface area contributed by atoms with Gasteiger partial charge in [0.25, 0.3) is 0 Å². The molecular weight excluding hydrogens is 564 g/mol. The molecule has 9 rings (SSSR count). The molecule has 0 atom stereocenters. The number of benzene rings is 7. The predicted molar refractivity (Wildman–Crippen MR) is 190 cm³/mol. The van der Waals surface area contributed by atoms with Crippen LogP contribution in [-0.4, -0.2) is 0 Å². The Hall–Kier alpha value is -6.26. The van der Waals surface area contributed by atoms with E-state index in [2.05, 4.69) is 143 Å². The van der Waals surface area contributed by atoms with Crippen molar-refractivity contribution >= 4 is 78.0 Å². The Bertz CT molecular complexity index is 2390. The molecule has 9 aromatic rings. The molecule has 0 aliphatic rings. The molecule has 2 heterocycles. The first kappa shape index (κ1) is 26.2. The van der Waals surface area contributed by atoms with E-state index in [0.717, 1.165) is 78.0 Å². The minimum Gasteiger partial charge on any atom is -0.456 e. The standard InChI is InChI=1S/C42H28N2O2/c1-5-15-29(16-6-1)43(30-17-7-2-8-18-30)33-25-26-35-38(27-33)45-39-28-36(42-41(40(35)39)34-23-13-14-24-37(34)46-42)44(31-19-9-3-10-20-31)32-21-11-4-12-22-32/h1-28H. The van der Waals surface area contributed by atoms with Crippen molar-refractivity contribution in [2.45, 2.75) is 0 Å².